The van der Waals surface area contributed by atoms with Gasteiger partial charge in [-0.2, -0.15) is 0 Å². The van der Waals surface area contributed by atoms with E-state index >= 15 is 0 Å². The summed E-state index contributed by atoms with van der Waals surface area (Å²) in [5, 5.41) is 11.1. The quantitative estimate of drug-likeness (QED) is 0.473. The summed E-state index contributed by atoms with van der Waals surface area (Å²) in [6.45, 7) is 4.54. The van der Waals surface area contributed by atoms with Crippen molar-refractivity contribution >= 4 is 6.29 Å². The number of aliphatic hydroxyl groups is 1. The molecule has 0 unspecified atom stereocenters. The standard InChI is InChI=1S/C21H26O2/c1-19-10-4-3-5-15(19)6-7-16-17(19)8-11-20(2)18(16)9-12-21(20,23)13-14-22/h3-4,8,10,14,16,18,23H,6-7,9,11-13H2,1-2H3/t16-,18+,19+,20+,21+/m1/s1. The number of carbonyl (C=O) groups excluding carboxylic acids is 1. The van der Waals surface area contributed by atoms with Gasteiger partial charge in [0.05, 0.1) is 5.60 Å². The summed E-state index contributed by atoms with van der Waals surface area (Å²) in [4.78, 5) is 11.1. The van der Waals surface area contributed by atoms with Gasteiger partial charge in [-0.1, -0.05) is 30.7 Å². The molecule has 2 saturated carbocycles. The zero-order valence-corrected chi connectivity index (χ0v) is 14.1. The molecule has 0 aromatic carbocycles. The molecule has 4 aliphatic carbocycles. The van der Waals surface area contributed by atoms with E-state index in [9.17, 15) is 9.90 Å². The lowest BCUT2D eigenvalue weighted by Gasteiger charge is -2.53. The zero-order chi connectivity index (χ0) is 16.3. The molecule has 0 radical (unpaired) electrons. The van der Waals surface area contributed by atoms with Crippen LogP contribution in [-0.2, 0) is 4.79 Å². The number of fused-ring (bicyclic) bond motifs is 5. The van der Waals surface area contributed by atoms with Gasteiger partial charge in [0, 0.05) is 17.3 Å². The van der Waals surface area contributed by atoms with Crippen molar-refractivity contribution in [2.24, 2.45) is 22.7 Å². The largest absolute Gasteiger partial charge is 0.389 e. The minimum atomic E-state index is -0.819. The molecule has 0 spiro atoms. The Kier molecular flexibility index (Phi) is 3.18. The van der Waals surface area contributed by atoms with E-state index < -0.39 is 5.60 Å². The first kappa shape index (κ1) is 15.2. The van der Waals surface area contributed by atoms with Gasteiger partial charge in [0.1, 0.15) is 6.29 Å². The molecule has 0 heterocycles. The first-order valence-corrected chi connectivity index (χ1v) is 8.95. The summed E-state index contributed by atoms with van der Waals surface area (Å²) in [6.07, 6.45) is 15.0. The van der Waals surface area contributed by atoms with E-state index in [2.05, 4.69) is 37.8 Å². The highest BCUT2D eigenvalue weighted by Gasteiger charge is 2.61. The summed E-state index contributed by atoms with van der Waals surface area (Å²) in [5.74, 6) is 1.03. The lowest BCUT2D eigenvalue weighted by molar-refractivity contribution is -0.122. The number of hydrogen-bond donors (Lipinski definition) is 1. The average molecular weight is 310 g/mol. The zero-order valence-electron chi connectivity index (χ0n) is 14.1. The van der Waals surface area contributed by atoms with E-state index in [-0.39, 0.29) is 17.3 Å². The number of hydrogen-bond acceptors (Lipinski definition) is 2. The van der Waals surface area contributed by atoms with Crippen molar-refractivity contribution in [1.29, 1.82) is 0 Å². The van der Waals surface area contributed by atoms with Gasteiger partial charge in [-0.25, -0.2) is 0 Å². The van der Waals surface area contributed by atoms with Crippen LogP contribution < -0.4 is 0 Å². The van der Waals surface area contributed by atoms with Crippen LogP contribution in [-0.4, -0.2) is 17.0 Å². The minimum Gasteiger partial charge on any atom is -0.389 e. The second-order valence-electron chi connectivity index (χ2n) is 8.32. The summed E-state index contributed by atoms with van der Waals surface area (Å²) < 4.78 is 0. The molecular weight excluding hydrogens is 284 g/mol. The first-order valence-electron chi connectivity index (χ1n) is 8.95. The maximum atomic E-state index is 11.1. The summed E-state index contributed by atoms with van der Waals surface area (Å²) >= 11 is 0. The van der Waals surface area contributed by atoms with E-state index in [1.165, 1.54) is 11.1 Å². The van der Waals surface area contributed by atoms with Gasteiger partial charge in [-0.05, 0) is 62.5 Å². The van der Waals surface area contributed by atoms with E-state index in [1.54, 1.807) is 0 Å². The average Bonchev–Trinajstić information content (AvgIpc) is 2.79. The Balaban J connectivity index is 1.77. The normalized spacial score (nSPS) is 47.3. The van der Waals surface area contributed by atoms with E-state index in [1.807, 2.05) is 6.08 Å². The van der Waals surface area contributed by atoms with Crippen LogP contribution in [0.4, 0.5) is 0 Å². The van der Waals surface area contributed by atoms with E-state index in [0.717, 1.165) is 38.4 Å². The van der Waals surface area contributed by atoms with Crippen LogP contribution in [0.3, 0.4) is 0 Å². The second-order valence-corrected chi connectivity index (χ2v) is 8.32. The fraction of sp³-hybridized carbons (Fsp3) is 0.619. The van der Waals surface area contributed by atoms with Crippen LogP contribution in [0.5, 0.6) is 0 Å². The van der Waals surface area contributed by atoms with Crippen molar-refractivity contribution in [3.05, 3.63) is 41.2 Å². The maximum absolute atomic E-state index is 11.1. The fourth-order valence-corrected chi connectivity index (χ4v) is 5.99. The van der Waals surface area contributed by atoms with Crippen LogP contribution in [0.25, 0.3) is 0 Å². The van der Waals surface area contributed by atoms with Crippen molar-refractivity contribution in [2.45, 2.75) is 58.0 Å². The van der Waals surface area contributed by atoms with Crippen LogP contribution in [0.15, 0.2) is 41.2 Å². The number of aldehydes is 1. The Morgan fingerprint density at radius 3 is 3.00 bits per heavy atom. The monoisotopic (exact) mass is 310 g/mol. The lowest BCUT2D eigenvalue weighted by Crippen LogP contribution is -2.50. The Hall–Kier alpha value is -1.37. The third-order valence-corrected chi connectivity index (χ3v) is 7.52. The Bertz CT molecular complexity index is 678. The molecular formula is C21H26O2. The van der Waals surface area contributed by atoms with Crippen LogP contribution in [0.1, 0.15) is 52.4 Å². The highest BCUT2D eigenvalue weighted by molar-refractivity contribution is 5.53. The molecule has 2 heteroatoms. The molecule has 0 aliphatic heterocycles. The van der Waals surface area contributed by atoms with Crippen molar-refractivity contribution < 1.29 is 9.90 Å². The van der Waals surface area contributed by atoms with Crippen LogP contribution in [0, 0.1) is 22.7 Å². The highest BCUT2D eigenvalue weighted by Crippen LogP contribution is 2.65. The molecule has 23 heavy (non-hydrogen) atoms. The molecule has 0 aromatic rings. The summed E-state index contributed by atoms with van der Waals surface area (Å²) in [6, 6.07) is 0. The van der Waals surface area contributed by atoms with Crippen molar-refractivity contribution in [3.63, 3.8) is 0 Å². The summed E-state index contributed by atoms with van der Waals surface area (Å²) in [7, 11) is 0. The van der Waals surface area contributed by atoms with Crippen molar-refractivity contribution in [1.82, 2.24) is 0 Å². The third-order valence-electron chi connectivity index (χ3n) is 7.52. The molecule has 0 amide bonds. The highest BCUT2D eigenvalue weighted by atomic mass is 16.3. The molecule has 122 valence electrons. The van der Waals surface area contributed by atoms with Gasteiger partial charge in [0.25, 0.3) is 0 Å². The Morgan fingerprint density at radius 1 is 1.39 bits per heavy atom. The van der Waals surface area contributed by atoms with E-state index in [4.69, 9.17) is 0 Å². The number of carbonyl (C=O) groups is 1. The van der Waals surface area contributed by atoms with Gasteiger partial charge in [0.15, 0.2) is 0 Å². The van der Waals surface area contributed by atoms with Gasteiger partial charge >= 0.3 is 0 Å². The Morgan fingerprint density at radius 2 is 2.22 bits per heavy atom. The van der Waals surface area contributed by atoms with E-state index in [0.29, 0.717) is 11.8 Å². The fourth-order valence-electron chi connectivity index (χ4n) is 5.99. The predicted molar refractivity (Wildman–Crippen MR) is 90.7 cm³/mol. The topological polar surface area (TPSA) is 37.3 Å². The molecule has 4 rings (SSSR count). The van der Waals surface area contributed by atoms with Gasteiger partial charge in [0.2, 0.25) is 0 Å². The first-order chi connectivity index (χ1) is 10.9. The molecule has 0 aromatic heterocycles. The predicted octanol–water partition coefficient (Wildman–Crippen LogP) is 4.12. The molecule has 4 aliphatic rings. The van der Waals surface area contributed by atoms with Crippen LogP contribution >= 0.6 is 0 Å². The van der Waals surface area contributed by atoms with Gasteiger partial charge in [-0.3, -0.25) is 0 Å². The summed E-state index contributed by atoms with van der Waals surface area (Å²) in [5.41, 5.74) is 5.45. The molecule has 5 atom stereocenters. The molecule has 2 nitrogen and oxygen atoms in total. The maximum Gasteiger partial charge on any atom is 0.122 e. The second kappa shape index (κ2) is 4.82. The van der Waals surface area contributed by atoms with Crippen LogP contribution in [0.2, 0.25) is 0 Å². The lowest BCUT2D eigenvalue weighted by atomic mass is 9.52. The smallest absolute Gasteiger partial charge is 0.122 e. The third kappa shape index (κ3) is 1.83. The molecule has 0 bridgehead atoms. The molecule has 0 saturated heterocycles. The van der Waals surface area contributed by atoms with Crippen molar-refractivity contribution in [3.8, 4) is 0 Å². The van der Waals surface area contributed by atoms with Crippen molar-refractivity contribution in [2.75, 3.05) is 0 Å². The van der Waals surface area contributed by atoms with Gasteiger partial charge < -0.3 is 9.90 Å². The number of rotatable bonds is 2. The van der Waals surface area contributed by atoms with Gasteiger partial charge in [-0.15, -0.1) is 5.73 Å². The minimum absolute atomic E-state index is 0.0182. The molecule has 1 N–H and O–H groups in total. The molecule has 2 fully saturated rings. The Labute approximate surface area is 138 Å². The number of allylic oxidation sites excluding steroid dienone is 5. The SMILES string of the molecule is C[C@]12C=CC=C=C1CC[C@@H]1C2=CC[C@@]2(C)[C@H]1CC[C@]2(O)CC=O.